The number of hydrogen-bond donors (Lipinski definition) is 0. The molecule has 158 valence electrons. The molecule has 0 fully saturated rings. The molecule has 0 saturated heterocycles. The predicted octanol–water partition coefficient (Wildman–Crippen LogP) is 5.12. The van der Waals surface area contributed by atoms with Gasteiger partial charge in [0.1, 0.15) is 0 Å². The zero-order chi connectivity index (χ0) is 22.0. The van der Waals surface area contributed by atoms with E-state index in [0.717, 1.165) is 16.9 Å². The first-order valence-corrected chi connectivity index (χ1v) is 10.7. The van der Waals surface area contributed by atoms with E-state index in [-0.39, 0.29) is 18.4 Å². The van der Waals surface area contributed by atoms with E-state index in [4.69, 9.17) is 11.6 Å². The molecular formula is C24H24ClN5O. The summed E-state index contributed by atoms with van der Waals surface area (Å²) in [6.07, 6.45) is 0.695. The molecule has 31 heavy (non-hydrogen) atoms. The standard InChI is InChI=1S/C24H24ClN5O/c1-4-20(18-11-7-5-8-12-18)23(31)29(19-13-9-6-10-14-19)15-21-27-24-26-16(2)22(25)17(3)30(24)28-21/h5-14,20H,4,15H2,1-3H3/t20-/m1/s1. The Hall–Kier alpha value is -3.25. The molecule has 6 nitrogen and oxygen atoms in total. The molecule has 2 heterocycles. The highest BCUT2D eigenvalue weighted by molar-refractivity contribution is 6.31. The number of carbonyl (C=O) groups excluding carboxylic acids is 1. The van der Waals surface area contributed by atoms with Gasteiger partial charge < -0.3 is 4.90 Å². The van der Waals surface area contributed by atoms with Crippen LogP contribution in [0.2, 0.25) is 5.02 Å². The van der Waals surface area contributed by atoms with E-state index >= 15 is 0 Å². The molecule has 0 N–H and O–H groups in total. The van der Waals surface area contributed by atoms with Gasteiger partial charge in [0.25, 0.3) is 5.78 Å². The average molecular weight is 434 g/mol. The number of aromatic nitrogens is 4. The van der Waals surface area contributed by atoms with Crippen molar-refractivity contribution in [1.29, 1.82) is 0 Å². The lowest BCUT2D eigenvalue weighted by Crippen LogP contribution is -2.35. The highest BCUT2D eigenvalue weighted by Crippen LogP contribution is 2.27. The van der Waals surface area contributed by atoms with E-state index in [2.05, 4.69) is 15.1 Å². The Morgan fingerprint density at radius 3 is 2.32 bits per heavy atom. The lowest BCUT2D eigenvalue weighted by atomic mass is 9.94. The Balaban J connectivity index is 1.73. The number of hydrogen-bond acceptors (Lipinski definition) is 4. The first-order chi connectivity index (χ1) is 15.0. The molecule has 7 heteroatoms. The fourth-order valence-corrected chi connectivity index (χ4v) is 3.86. The highest BCUT2D eigenvalue weighted by Gasteiger charge is 2.27. The third kappa shape index (κ3) is 4.16. The van der Waals surface area contributed by atoms with E-state index in [0.29, 0.717) is 28.7 Å². The van der Waals surface area contributed by atoms with Crippen LogP contribution in [0.4, 0.5) is 5.69 Å². The Bertz CT molecular complexity index is 1210. The zero-order valence-electron chi connectivity index (χ0n) is 17.8. The molecule has 0 aliphatic rings. The van der Waals surface area contributed by atoms with Gasteiger partial charge in [-0.25, -0.2) is 4.98 Å². The second-order valence-electron chi connectivity index (χ2n) is 7.47. The van der Waals surface area contributed by atoms with E-state index in [1.807, 2.05) is 81.4 Å². The minimum atomic E-state index is -0.255. The van der Waals surface area contributed by atoms with Crippen LogP contribution in [0.1, 0.15) is 42.0 Å². The van der Waals surface area contributed by atoms with Gasteiger partial charge >= 0.3 is 0 Å². The van der Waals surface area contributed by atoms with Crippen LogP contribution in [-0.4, -0.2) is 25.5 Å². The van der Waals surface area contributed by atoms with Gasteiger partial charge in [-0.15, -0.1) is 5.10 Å². The minimum absolute atomic E-state index is 0.0117. The first-order valence-electron chi connectivity index (χ1n) is 10.3. The van der Waals surface area contributed by atoms with Crippen LogP contribution in [-0.2, 0) is 11.3 Å². The minimum Gasteiger partial charge on any atom is -0.304 e. The van der Waals surface area contributed by atoms with Crippen molar-refractivity contribution in [2.45, 2.75) is 39.7 Å². The average Bonchev–Trinajstić information content (AvgIpc) is 3.20. The Labute approximate surface area is 186 Å². The topological polar surface area (TPSA) is 63.4 Å². The molecule has 4 rings (SSSR count). The van der Waals surface area contributed by atoms with Gasteiger partial charge in [-0.05, 0) is 38.0 Å². The summed E-state index contributed by atoms with van der Waals surface area (Å²) in [4.78, 5) is 24.5. The summed E-state index contributed by atoms with van der Waals surface area (Å²) in [5.41, 5.74) is 3.28. The number of benzene rings is 2. The molecule has 0 aliphatic carbocycles. The first kappa shape index (κ1) is 21.0. The molecule has 0 radical (unpaired) electrons. The lowest BCUT2D eigenvalue weighted by Gasteiger charge is -2.26. The molecular weight excluding hydrogens is 410 g/mol. The van der Waals surface area contributed by atoms with Gasteiger partial charge in [0, 0.05) is 5.69 Å². The van der Waals surface area contributed by atoms with Crippen molar-refractivity contribution in [3.05, 3.63) is 88.5 Å². The van der Waals surface area contributed by atoms with Gasteiger partial charge in [0.15, 0.2) is 5.82 Å². The van der Waals surface area contributed by atoms with Crippen molar-refractivity contribution < 1.29 is 4.79 Å². The van der Waals surface area contributed by atoms with E-state index in [1.165, 1.54) is 0 Å². The fraction of sp³-hybridized carbons (Fsp3) is 0.250. The normalized spacial score (nSPS) is 12.1. The van der Waals surface area contributed by atoms with Gasteiger partial charge in [-0.3, -0.25) is 4.79 Å². The molecule has 1 amide bonds. The number of halogens is 1. The molecule has 0 aliphatic heterocycles. The second kappa shape index (κ2) is 8.86. The molecule has 4 aromatic rings. The van der Waals surface area contributed by atoms with Gasteiger partial charge in [-0.2, -0.15) is 9.50 Å². The second-order valence-corrected chi connectivity index (χ2v) is 7.85. The summed E-state index contributed by atoms with van der Waals surface area (Å²) in [6, 6.07) is 19.5. The maximum atomic E-state index is 13.7. The van der Waals surface area contributed by atoms with Crippen molar-refractivity contribution >= 4 is 29.0 Å². The molecule has 0 bridgehead atoms. The zero-order valence-corrected chi connectivity index (χ0v) is 18.5. The quantitative estimate of drug-likeness (QED) is 0.423. The van der Waals surface area contributed by atoms with Crippen LogP contribution < -0.4 is 4.90 Å². The summed E-state index contributed by atoms with van der Waals surface area (Å²) in [5.74, 6) is 0.745. The van der Waals surface area contributed by atoms with Crippen molar-refractivity contribution in [3.8, 4) is 0 Å². The highest BCUT2D eigenvalue weighted by atomic mass is 35.5. The van der Waals surface area contributed by atoms with Gasteiger partial charge in [-0.1, -0.05) is 67.1 Å². The van der Waals surface area contributed by atoms with Crippen LogP contribution in [0.15, 0.2) is 60.7 Å². The summed E-state index contributed by atoms with van der Waals surface area (Å²) in [5, 5.41) is 5.15. The summed E-state index contributed by atoms with van der Waals surface area (Å²) >= 11 is 6.33. The van der Waals surface area contributed by atoms with Crippen molar-refractivity contribution in [3.63, 3.8) is 0 Å². The SMILES string of the molecule is CC[C@@H](C(=O)N(Cc1nc2nc(C)c(Cl)c(C)n2n1)c1ccccc1)c1ccccc1. The number of anilines is 1. The molecule has 2 aromatic heterocycles. The number of amides is 1. The Morgan fingerprint density at radius 1 is 1.03 bits per heavy atom. The smallest absolute Gasteiger partial charge is 0.253 e. The maximum Gasteiger partial charge on any atom is 0.253 e. The molecule has 0 unspecified atom stereocenters. The number of para-hydroxylation sites is 1. The van der Waals surface area contributed by atoms with Crippen molar-refractivity contribution in [2.24, 2.45) is 0 Å². The Morgan fingerprint density at radius 2 is 1.68 bits per heavy atom. The van der Waals surface area contributed by atoms with Crippen molar-refractivity contribution in [1.82, 2.24) is 19.6 Å². The summed E-state index contributed by atoms with van der Waals surface area (Å²) < 4.78 is 1.63. The van der Waals surface area contributed by atoms with Crippen molar-refractivity contribution in [2.75, 3.05) is 4.90 Å². The number of nitrogens with zero attached hydrogens (tertiary/aromatic N) is 5. The van der Waals surface area contributed by atoms with Gasteiger partial charge in [0.05, 0.1) is 28.9 Å². The van der Waals surface area contributed by atoms with E-state index in [9.17, 15) is 4.79 Å². The van der Waals surface area contributed by atoms with E-state index < -0.39 is 0 Å². The summed E-state index contributed by atoms with van der Waals surface area (Å²) in [6.45, 7) is 5.99. The van der Waals surface area contributed by atoms with Crippen LogP contribution in [0.3, 0.4) is 0 Å². The molecule has 1 atom stereocenters. The number of rotatable bonds is 6. The maximum absolute atomic E-state index is 13.7. The van der Waals surface area contributed by atoms with Crippen LogP contribution in [0.5, 0.6) is 0 Å². The lowest BCUT2D eigenvalue weighted by molar-refractivity contribution is -0.120. The van der Waals surface area contributed by atoms with Crippen LogP contribution in [0, 0.1) is 13.8 Å². The fourth-order valence-electron chi connectivity index (χ4n) is 3.74. The number of carbonyl (C=O) groups is 1. The molecule has 0 spiro atoms. The summed E-state index contributed by atoms with van der Waals surface area (Å²) in [7, 11) is 0. The predicted molar refractivity (Wildman–Crippen MR) is 122 cm³/mol. The van der Waals surface area contributed by atoms with Crippen LogP contribution >= 0.6 is 11.6 Å². The van der Waals surface area contributed by atoms with Crippen LogP contribution in [0.25, 0.3) is 5.78 Å². The number of aryl methyl sites for hydroxylation is 2. The van der Waals surface area contributed by atoms with E-state index in [1.54, 1.807) is 9.42 Å². The molecule has 0 saturated carbocycles. The monoisotopic (exact) mass is 433 g/mol. The third-order valence-corrected chi connectivity index (χ3v) is 5.94. The number of fused-ring (bicyclic) bond motifs is 1. The molecule has 2 aromatic carbocycles. The Kier molecular flexibility index (Phi) is 6.00. The largest absolute Gasteiger partial charge is 0.304 e. The van der Waals surface area contributed by atoms with Gasteiger partial charge in [0.2, 0.25) is 5.91 Å². The third-order valence-electron chi connectivity index (χ3n) is 5.40.